The topological polar surface area (TPSA) is 4.36 Å². The van der Waals surface area contributed by atoms with Crippen molar-refractivity contribution in [3.63, 3.8) is 0 Å². The minimum atomic E-state index is 0.602. The Hall–Kier alpha value is -0.850. The number of thioether (sulfide) groups is 1. The summed E-state index contributed by atoms with van der Waals surface area (Å²) in [5, 5.41) is 0. The monoisotopic (exact) mass is 221 g/mol. The van der Waals surface area contributed by atoms with Crippen LogP contribution in [0.1, 0.15) is 12.0 Å². The summed E-state index contributed by atoms with van der Waals surface area (Å²) in [7, 11) is 0. The average molecular weight is 221 g/mol. The Morgan fingerprint density at radius 3 is 2.71 bits per heavy atom. The van der Waals surface area contributed by atoms with E-state index in [9.17, 15) is 0 Å². The van der Waals surface area contributed by atoms with Crippen LogP contribution in [0.15, 0.2) is 30.3 Å². The quantitative estimate of drug-likeness (QED) is 0.436. The summed E-state index contributed by atoms with van der Waals surface area (Å²) in [5.41, 5.74) is 1.11. The van der Waals surface area contributed by atoms with Gasteiger partial charge >= 0.3 is 0 Å². The maximum Gasteiger partial charge on any atom is 0.215 e. The van der Waals surface area contributed by atoms with Crippen molar-refractivity contribution in [2.45, 2.75) is 6.42 Å². The standard InChI is InChI=1S/C11H11NS2/c1-12-8-5-9-14-11(13)10-6-3-2-4-7-10/h2-4,6-7H,5,8-9H2. The van der Waals surface area contributed by atoms with Gasteiger partial charge in [-0.15, -0.1) is 11.8 Å². The first-order chi connectivity index (χ1) is 6.84. The highest BCUT2D eigenvalue weighted by Gasteiger charge is 2.00. The molecule has 1 aromatic rings. The summed E-state index contributed by atoms with van der Waals surface area (Å²) >= 11 is 6.91. The van der Waals surface area contributed by atoms with Crippen molar-refractivity contribution in [1.29, 1.82) is 0 Å². The van der Waals surface area contributed by atoms with Gasteiger partial charge in [0.15, 0.2) is 0 Å². The van der Waals surface area contributed by atoms with E-state index < -0.39 is 0 Å². The molecule has 0 heterocycles. The first-order valence-electron chi connectivity index (χ1n) is 4.40. The zero-order valence-electron chi connectivity index (χ0n) is 7.77. The molecule has 0 bridgehead atoms. The fourth-order valence-electron chi connectivity index (χ4n) is 0.966. The molecule has 0 N–H and O–H groups in total. The van der Waals surface area contributed by atoms with Crippen molar-refractivity contribution in [3.8, 4) is 0 Å². The molecule has 0 amide bonds. The van der Waals surface area contributed by atoms with Gasteiger partial charge in [0.05, 0.1) is 4.20 Å². The van der Waals surface area contributed by atoms with E-state index in [1.54, 1.807) is 11.8 Å². The molecule has 0 spiro atoms. The molecule has 0 atom stereocenters. The van der Waals surface area contributed by atoms with Crippen LogP contribution in [-0.4, -0.2) is 16.5 Å². The number of hydrogen-bond acceptors (Lipinski definition) is 2. The van der Waals surface area contributed by atoms with Gasteiger partial charge in [-0.1, -0.05) is 42.5 Å². The summed E-state index contributed by atoms with van der Waals surface area (Å²) in [6.07, 6.45) is 0.918. The molecule has 0 unspecified atom stereocenters. The van der Waals surface area contributed by atoms with E-state index in [4.69, 9.17) is 18.8 Å². The van der Waals surface area contributed by atoms with Crippen LogP contribution in [0.25, 0.3) is 4.85 Å². The lowest BCUT2D eigenvalue weighted by molar-refractivity contribution is 1.05. The highest BCUT2D eigenvalue weighted by molar-refractivity contribution is 8.23. The smallest absolute Gasteiger partial charge is 0.215 e. The molecular formula is C11H11NS2. The van der Waals surface area contributed by atoms with Crippen LogP contribution in [0.4, 0.5) is 0 Å². The van der Waals surface area contributed by atoms with E-state index in [1.807, 2.05) is 30.3 Å². The third-order valence-electron chi connectivity index (χ3n) is 1.66. The van der Waals surface area contributed by atoms with Gasteiger partial charge in [-0.3, -0.25) is 0 Å². The molecule has 1 aromatic carbocycles. The Bertz CT molecular complexity index is 327. The van der Waals surface area contributed by atoms with E-state index in [0.29, 0.717) is 6.54 Å². The second kappa shape index (κ2) is 6.58. The summed E-state index contributed by atoms with van der Waals surface area (Å²) in [6, 6.07) is 9.99. The Balaban J connectivity index is 2.33. The van der Waals surface area contributed by atoms with Gasteiger partial charge in [0.2, 0.25) is 6.54 Å². The third kappa shape index (κ3) is 3.91. The Kier molecular flexibility index (Phi) is 5.28. The van der Waals surface area contributed by atoms with E-state index in [-0.39, 0.29) is 0 Å². The van der Waals surface area contributed by atoms with Crippen LogP contribution in [0.2, 0.25) is 0 Å². The first kappa shape index (κ1) is 11.2. The van der Waals surface area contributed by atoms with Gasteiger partial charge in [-0.25, -0.2) is 6.57 Å². The fraction of sp³-hybridized carbons (Fsp3) is 0.273. The van der Waals surface area contributed by atoms with Crippen LogP contribution in [0, 0.1) is 6.57 Å². The Morgan fingerprint density at radius 1 is 1.36 bits per heavy atom. The van der Waals surface area contributed by atoms with Crippen molar-refractivity contribution in [2.24, 2.45) is 0 Å². The lowest BCUT2D eigenvalue weighted by Gasteiger charge is -2.01. The van der Waals surface area contributed by atoms with Crippen LogP contribution in [0.5, 0.6) is 0 Å². The number of rotatable bonds is 4. The largest absolute Gasteiger partial charge is 0.317 e. The van der Waals surface area contributed by atoms with Gasteiger partial charge in [0, 0.05) is 12.2 Å². The predicted molar refractivity (Wildman–Crippen MR) is 66.7 cm³/mol. The summed E-state index contributed by atoms with van der Waals surface area (Å²) < 4.78 is 0.926. The molecule has 0 aliphatic rings. The van der Waals surface area contributed by atoms with E-state index in [1.165, 1.54) is 0 Å². The van der Waals surface area contributed by atoms with Gasteiger partial charge in [-0.05, 0) is 5.56 Å². The predicted octanol–water partition coefficient (Wildman–Crippen LogP) is 3.40. The SMILES string of the molecule is [C-]#[N+]CCCSC(=S)c1ccccc1. The molecule has 0 saturated heterocycles. The van der Waals surface area contributed by atoms with Gasteiger partial charge in [0.1, 0.15) is 0 Å². The third-order valence-corrected chi connectivity index (χ3v) is 3.24. The summed E-state index contributed by atoms with van der Waals surface area (Å²) in [5.74, 6) is 0.941. The molecule has 0 radical (unpaired) electrons. The molecule has 1 nitrogen and oxygen atoms in total. The maximum atomic E-state index is 6.64. The summed E-state index contributed by atoms with van der Waals surface area (Å²) in [4.78, 5) is 3.30. The maximum absolute atomic E-state index is 6.64. The molecule has 72 valence electrons. The zero-order valence-corrected chi connectivity index (χ0v) is 9.40. The molecule has 0 saturated carbocycles. The second-order valence-corrected chi connectivity index (χ2v) is 4.51. The molecule has 3 heteroatoms. The average Bonchev–Trinajstić information content (AvgIpc) is 2.25. The highest BCUT2D eigenvalue weighted by Crippen LogP contribution is 2.14. The zero-order chi connectivity index (χ0) is 10.2. The van der Waals surface area contributed by atoms with Crippen molar-refractivity contribution in [3.05, 3.63) is 47.3 Å². The van der Waals surface area contributed by atoms with Gasteiger partial charge in [-0.2, -0.15) is 0 Å². The first-order valence-corrected chi connectivity index (χ1v) is 5.79. The van der Waals surface area contributed by atoms with E-state index in [0.717, 1.165) is 21.9 Å². The Morgan fingerprint density at radius 2 is 2.07 bits per heavy atom. The molecule has 0 fully saturated rings. The van der Waals surface area contributed by atoms with Crippen LogP contribution >= 0.6 is 24.0 Å². The normalized spacial score (nSPS) is 9.36. The minimum Gasteiger partial charge on any atom is -0.317 e. The van der Waals surface area contributed by atoms with Crippen LogP contribution in [-0.2, 0) is 0 Å². The van der Waals surface area contributed by atoms with Crippen molar-refractivity contribution in [1.82, 2.24) is 0 Å². The van der Waals surface area contributed by atoms with Crippen molar-refractivity contribution in [2.75, 3.05) is 12.3 Å². The second-order valence-electron chi connectivity index (χ2n) is 2.74. The molecule has 0 aromatic heterocycles. The van der Waals surface area contributed by atoms with Crippen molar-refractivity contribution < 1.29 is 0 Å². The molecular weight excluding hydrogens is 210 g/mol. The number of thiocarbonyl (C=S) groups is 1. The Labute approximate surface area is 94.3 Å². The molecule has 14 heavy (non-hydrogen) atoms. The lowest BCUT2D eigenvalue weighted by atomic mass is 10.2. The van der Waals surface area contributed by atoms with E-state index >= 15 is 0 Å². The highest BCUT2D eigenvalue weighted by atomic mass is 32.2. The number of hydrogen-bond donors (Lipinski definition) is 0. The van der Waals surface area contributed by atoms with Gasteiger partial charge < -0.3 is 4.85 Å². The summed E-state index contributed by atoms with van der Waals surface area (Å²) in [6.45, 7) is 7.24. The van der Waals surface area contributed by atoms with Crippen molar-refractivity contribution >= 4 is 28.2 Å². The minimum absolute atomic E-state index is 0.602. The van der Waals surface area contributed by atoms with E-state index in [2.05, 4.69) is 4.85 Å². The number of nitrogens with zero attached hydrogens (tertiary/aromatic N) is 1. The van der Waals surface area contributed by atoms with Crippen LogP contribution in [0.3, 0.4) is 0 Å². The molecule has 1 rings (SSSR count). The fourth-order valence-corrected chi connectivity index (χ4v) is 2.11. The lowest BCUT2D eigenvalue weighted by Crippen LogP contribution is -1.93. The van der Waals surface area contributed by atoms with Gasteiger partial charge in [0.25, 0.3) is 0 Å². The number of benzene rings is 1. The molecule has 0 aliphatic carbocycles. The van der Waals surface area contributed by atoms with Crippen LogP contribution < -0.4 is 0 Å². The molecule has 0 aliphatic heterocycles.